The summed E-state index contributed by atoms with van der Waals surface area (Å²) < 4.78 is 0. The Hall–Kier alpha value is -0.470. The minimum absolute atomic E-state index is 1.18. The second kappa shape index (κ2) is 7.75. The van der Waals surface area contributed by atoms with Gasteiger partial charge in [-0.1, -0.05) is 31.5 Å². The van der Waals surface area contributed by atoms with Gasteiger partial charge < -0.3 is 4.90 Å². The first-order chi connectivity index (χ1) is 7.74. The molecule has 0 heterocycles. The van der Waals surface area contributed by atoms with Crippen LogP contribution in [0.5, 0.6) is 0 Å². The Balaban J connectivity index is 2.23. The van der Waals surface area contributed by atoms with E-state index in [-0.39, 0.29) is 0 Å². The van der Waals surface area contributed by atoms with E-state index >= 15 is 0 Å². The average molecular weight is 237 g/mol. The van der Waals surface area contributed by atoms with Gasteiger partial charge in [0.1, 0.15) is 0 Å². The van der Waals surface area contributed by atoms with Gasteiger partial charge >= 0.3 is 0 Å². The first-order valence-corrected chi connectivity index (χ1v) is 7.09. The van der Waals surface area contributed by atoms with E-state index in [1.165, 1.54) is 42.1 Å². The summed E-state index contributed by atoms with van der Waals surface area (Å²) in [5.74, 6) is 1.19. The lowest BCUT2D eigenvalue weighted by molar-refractivity contribution is 0.348. The van der Waals surface area contributed by atoms with Gasteiger partial charge in [0.2, 0.25) is 0 Å². The molecule has 90 valence electrons. The number of unbranched alkanes of at least 4 members (excludes halogenated alkanes) is 1. The van der Waals surface area contributed by atoms with Crippen molar-refractivity contribution < 1.29 is 0 Å². The van der Waals surface area contributed by atoms with Crippen LogP contribution in [-0.4, -0.2) is 30.8 Å². The molecule has 0 saturated carbocycles. The van der Waals surface area contributed by atoms with Gasteiger partial charge in [-0.3, -0.25) is 0 Å². The predicted octanol–water partition coefficient (Wildman–Crippen LogP) is 3.82. The van der Waals surface area contributed by atoms with Crippen LogP contribution in [0.4, 0.5) is 0 Å². The number of hydrogen-bond donors (Lipinski definition) is 0. The summed E-state index contributed by atoms with van der Waals surface area (Å²) in [6.07, 6.45) is 2.60. The van der Waals surface area contributed by atoms with E-state index < -0.39 is 0 Å². The van der Waals surface area contributed by atoms with Gasteiger partial charge in [0, 0.05) is 17.2 Å². The summed E-state index contributed by atoms with van der Waals surface area (Å²) in [6.45, 7) is 6.84. The number of aryl methyl sites for hydroxylation is 1. The van der Waals surface area contributed by atoms with E-state index in [1.807, 2.05) is 11.8 Å². The van der Waals surface area contributed by atoms with Gasteiger partial charge in [0.25, 0.3) is 0 Å². The van der Waals surface area contributed by atoms with E-state index in [0.717, 1.165) is 0 Å². The predicted molar refractivity (Wildman–Crippen MR) is 74.3 cm³/mol. The Bertz CT molecular complexity index is 299. The van der Waals surface area contributed by atoms with Crippen LogP contribution >= 0.6 is 11.8 Å². The van der Waals surface area contributed by atoms with Gasteiger partial charge in [0.05, 0.1) is 0 Å². The number of nitrogens with zero attached hydrogens (tertiary/aromatic N) is 1. The van der Waals surface area contributed by atoms with E-state index in [2.05, 4.69) is 50.1 Å². The monoisotopic (exact) mass is 237 g/mol. The highest BCUT2D eigenvalue weighted by Gasteiger charge is 2.00. The molecular formula is C14H23NS. The van der Waals surface area contributed by atoms with Crippen LogP contribution in [-0.2, 0) is 0 Å². The highest BCUT2D eigenvalue weighted by atomic mass is 32.2. The molecule has 0 saturated heterocycles. The topological polar surface area (TPSA) is 3.24 Å². The standard InChI is InChI=1S/C14H23NS/c1-4-5-10-15(3)11-12-16-14-9-7-6-8-13(14)2/h6-9H,4-5,10-12H2,1-3H3. The number of rotatable bonds is 7. The lowest BCUT2D eigenvalue weighted by atomic mass is 10.2. The number of benzene rings is 1. The lowest BCUT2D eigenvalue weighted by Gasteiger charge is -2.15. The van der Waals surface area contributed by atoms with Gasteiger partial charge in [0.15, 0.2) is 0 Å². The number of thioether (sulfide) groups is 1. The van der Waals surface area contributed by atoms with Crippen LogP contribution in [0.15, 0.2) is 29.2 Å². The zero-order chi connectivity index (χ0) is 11.8. The Labute approximate surface area is 104 Å². The molecular weight excluding hydrogens is 214 g/mol. The molecule has 0 aliphatic carbocycles. The van der Waals surface area contributed by atoms with Crippen molar-refractivity contribution in [3.8, 4) is 0 Å². The quantitative estimate of drug-likeness (QED) is 0.663. The van der Waals surface area contributed by atoms with Crippen LogP contribution < -0.4 is 0 Å². The maximum atomic E-state index is 2.43. The molecule has 1 nitrogen and oxygen atoms in total. The summed E-state index contributed by atoms with van der Waals surface area (Å²) in [4.78, 5) is 3.85. The van der Waals surface area contributed by atoms with E-state index in [4.69, 9.17) is 0 Å². The molecule has 0 unspecified atom stereocenters. The van der Waals surface area contributed by atoms with Crippen molar-refractivity contribution in [2.75, 3.05) is 25.9 Å². The second-order valence-corrected chi connectivity index (χ2v) is 5.41. The first-order valence-electron chi connectivity index (χ1n) is 6.11. The van der Waals surface area contributed by atoms with Crippen molar-refractivity contribution in [3.05, 3.63) is 29.8 Å². The molecule has 0 aliphatic heterocycles. The largest absolute Gasteiger partial charge is 0.306 e. The molecule has 1 aromatic carbocycles. The third-order valence-electron chi connectivity index (χ3n) is 2.72. The molecule has 16 heavy (non-hydrogen) atoms. The fourth-order valence-corrected chi connectivity index (χ4v) is 2.66. The summed E-state index contributed by atoms with van der Waals surface area (Å²) in [5, 5.41) is 0. The molecule has 1 rings (SSSR count). The third kappa shape index (κ3) is 5.04. The van der Waals surface area contributed by atoms with Crippen LogP contribution in [0.2, 0.25) is 0 Å². The average Bonchev–Trinajstić information content (AvgIpc) is 2.29. The fraction of sp³-hybridized carbons (Fsp3) is 0.571. The van der Waals surface area contributed by atoms with Crippen LogP contribution in [0, 0.1) is 6.92 Å². The first kappa shape index (κ1) is 13.6. The Morgan fingerprint density at radius 3 is 2.62 bits per heavy atom. The van der Waals surface area contributed by atoms with Gasteiger partial charge in [-0.15, -0.1) is 11.8 Å². The van der Waals surface area contributed by atoms with Crippen LogP contribution in [0.3, 0.4) is 0 Å². The van der Waals surface area contributed by atoms with Crippen molar-refractivity contribution in [2.45, 2.75) is 31.6 Å². The maximum Gasteiger partial charge on any atom is 0.0108 e. The van der Waals surface area contributed by atoms with E-state index in [1.54, 1.807) is 0 Å². The van der Waals surface area contributed by atoms with Crippen LogP contribution in [0.1, 0.15) is 25.3 Å². The molecule has 0 bridgehead atoms. The molecule has 0 fully saturated rings. The van der Waals surface area contributed by atoms with Gasteiger partial charge in [-0.25, -0.2) is 0 Å². The number of hydrogen-bond acceptors (Lipinski definition) is 2. The highest BCUT2D eigenvalue weighted by molar-refractivity contribution is 7.99. The molecule has 1 aromatic rings. The van der Waals surface area contributed by atoms with Crippen molar-refractivity contribution >= 4 is 11.8 Å². The summed E-state index contributed by atoms with van der Waals surface area (Å²) in [7, 11) is 2.22. The molecule has 0 radical (unpaired) electrons. The zero-order valence-corrected chi connectivity index (χ0v) is 11.5. The zero-order valence-electron chi connectivity index (χ0n) is 10.7. The molecule has 0 amide bonds. The molecule has 0 aliphatic rings. The molecule has 0 aromatic heterocycles. The smallest absolute Gasteiger partial charge is 0.0108 e. The highest BCUT2D eigenvalue weighted by Crippen LogP contribution is 2.21. The SMILES string of the molecule is CCCCN(C)CCSc1ccccc1C. The minimum atomic E-state index is 1.18. The molecule has 2 heteroatoms. The summed E-state index contributed by atoms with van der Waals surface area (Å²) >= 11 is 1.97. The normalized spacial score (nSPS) is 11.0. The van der Waals surface area contributed by atoms with Crippen molar-refractivity contribution in [2.24, 2.45) is 0 Å². The Morgan fingerprint density at radius 1 is 1.19 bits per heavy atom. The third-order valence-corrected chi connectivity index (χ3v) is 3.87. The van der Waals surface area contributed by atoms with E-state index in [9.17, 15) is 0 Å². The second-order valence-electron chi connectivity index (χ2n) is 4.27. The molecule has 0 atom stereocenters. The van der Waals surface area contributed by atoms with Crippen LogP contribution in [0.25, 0.3) is 0 Å². The minimum Gasteiger partial charge on any atom is -0.306 e. The van der Waals surface area contributed by atoms with Gasteiger partial charge in [-0.05, 0) is 38.6 Å². The fourth-order valence-electron chi connectivity index (χ4n) is 1.57. The van der Waals surface area contributed by atoms with Crippen molar-refractivity contribution in [1.29, 1.82) is 0 Å². The lowest BCUT2D eigenvalue weighted by Crippen LogP contribution is -2.22. The molecule has 0 spiro atoms. The maximum absolute atomic E-state index is 2.43. The van der Waals surface area contributed by atoms with E-state index in [0.29, 0.717) is 0 Å². The van der Waals surface area contributed by atoms with Crippen molar-refractivity contribution in [1.82, 2.24) is 4.90 Å². The molecule has 0 N–H and O–H groups in total. The van der Waals surface area contributed by atoms with Crippen molar-refractivity contribution in [3.63, 3.8) is 0 Å². The summed E-state index contributed by atoms with van der Waals surface area (Å²) in [6, 6.07) is 8.62. The summed E-state index contributed by atoms with van der Waals surface area (Å²) in [5.41, 5.74) is 1.39. The Kier molecular flexibility index (Phi) is 6.58. The van der Waals surface area contributed by atoms with Gasteiger partial charge in [-0.2, -0.15) is 0 Å². The Morgan fingerprint density at radius 2 is 1.94 bits per heavy atom.